The van der Waals surface area contributed by atoms with E-state index < -0.39 is 11.5 Å². The van der Waals surface area contributed by atoms with Crippen molar-refractivity contribution in [3.05, 3.63) is 58.5 Å². The van der Waals surface area contributed by atoms with Crippen LogP contribution < -0.4 is 16.6 Å². The molecule has 0 aliphatic heterocycles. The zero-order valence-electron chi connectivity index (χ0n) is 13.0. The van der Waals surface area contributed by atoms with E-state index in [9.17, 15) is 9.59 Å². The molecule has 0 aliphatic rings. The lowest BCUT2D eigenvalue weighted by molar-refractivity contribution is 0.0697. The second-order valence-corrected chi connectivity index (χ2v) is 4.93. The van der Waals surface area contributed by atoms with Crippen LogP contribution in [0, 0.1) is 6.92 Å². The molecule has 8 heteroatoms. The highest BCUT2D eigenvalue weighted by Gasteiger charge is 2.07. The summed E-state index contributed by atoms with van der Waals surface area (Å²) in [6.45, 7) is 5.62. The van der Waals surface area contributed by atoms with E-state index in [1.54, 1.807) is 19.1 Å². The van der Waals surface area contributed by atoms with Crippen LogP contribution in [0.15, 0.2) is 46.7 Å². The van der Waals surface area contributed by atoms with Crippen molar-refractivity contribution in [3.8, 4) is 0 Å². The first-order valence-corrected chi connectivity index (χ1v) is 7.04. The van der Waals surface area contributed by atoms with Crippen molar-refractivity contribution in [2.45, 2.75) is 6.92 Å². The number of benzene rings is 1. The second kappa shape index (κ2) is 7.23. The Morgan fingerprint density at radius 2 is 2.12 bits per heavy atom. The van der Waals surface area contributed by atoms with E-state index in [2.05, 4.69) is 26.9 Å². The van der Waals surface area contributed by atoms with Gasteiger partial charge < -0.3 is 16.2 Å². The van der Waals surface area contributed by atoms with E-state index in [-0.39, 0.29) is 17.2 Å². The Bertz CT molecular complexity index is 853. The van der Waals surface area contributed by atoms with Crippen LogP contribution in [0.1, 0.15) is 16.1 Å². The number of nitrogens with two attached hydrogens (primary N) is 1. The fourth-order valence-electron chi connectivity index (χ4n) is 1.96. The number of nitrogens with zero attached hydrogens (tertiary/aromatic N) is 2. The van der Waals surface area contributed by atoms with Crippen LogP contribution in [0.2, 0.25) is 0 Å². The van der Waals surface area contributed by atoms with Gasteiger partial charge >= 0.3 is 5.97 Å². The summed E-state index contributed by atoms with van der Waals surface area (Å²) < 4.78 is 0. The number of aromatic carboxylic acids is 1. The highest BCUT2D eigenvalue weighted by atomic mass is 16.4. The number of rotatable bonds is 6. The standard InChI is InChI=1S/C16H17N5O3/c1-3-11(20-13-9(2)19-16(17)21-14(13)22)8-18-12-6-4-10(5-7-12)15(23)24/h3-7,18H,1,8H2,2H3,(H,23,24)(H3,17,19,21,22). The largest absolute Gasteiger partial charge is 0.478 e. The Hall–Kier alpha value is -3.42. The molecule has 0 aliphatic carbocycles. The summed E-state index contributed by atoms with van der Waals surface area (Å²) >= 11 is 0. The van der Waals surface area contributed by atoms with Crippen molar-refractivity contribution < 1.29 is 9.90 Å². The minimum Gasteiger partial charge on any atom is -0.478 e. The van der Waals surface area contributed by atoms with Gasteiger partial charge in [0.15, 0.2) is 0 Å². The number of carbonyl (C=O) groups is 1. The van der Waals surface area contributed by atoms with Crippen LogP contribution in [0.4, 0.5) is 17.3 Å². The van der Waals surface area contributed by atoms with Gasteiger partial charge in [0.2, 0.25) is 5.95 Å². The van der Waals surface area contributed by atoms with E-state index in [1.807, 2.05) is 0 Å². The van der Waals surface area contributed by atoms with E-state index in [0.717, 1.165) is 5.69 Å². The Morgan fingerprint density at radius 1 is 1.46 bits per heavy atom. The van der Waals surface area contributed by atoms with E-state index in [4.69, 9.17) is 10.8 Å². The molecule has 0 spiro atoms. The van der Waals surface area contributed by atoms with E-state index in [1.165, 1.54) is 18.2 Å². The van der Waals surface area contributed by atoms with Crippen molar-refractivity contribution in [1.29, 1.82) is 0 Å². The van der Waals surface area contributed by atoms with Gasteiger partial charge in [0.1, 0.15) is 5.69 Å². The maximum Gasteiger partial charge on any atom is 0.335 e. The molecule has 0 amide bonds. The van der Waals surface area contributed by atoms with Crippen molar-refractivity contribution in [2.24, 2.45) is 4.99 Å². The molecule has 8 nitrogen and oxygen atoms in total. The summed E-state index contributed by atoms with van der Waals surface area (Å²) in [5.74, 6) is -0.950. The molecule has 124 valence electrons. The fraction of sp³-hybridized carbons (Fsp3) is 0.125. The molecule has 1 heterocycles. The average Bonchev–Trinajstić information content (AvgIpc) is 2.54. The lowest BCUT2D eigenvalue weighted by Gasteiger charge is -2.07. The lowest BCUT2D eigenvalue weighted by atomic mass is 10.2. The molecule has 2 aromatic rings. The first-order chi connectivity index (χ1) is 11.4. The van der Waals surface area contributed by atoms with Gasteiger partial charge in [-0.05, 0) is 37.3 Å². The van der Waals surface area contributed by atoms with Gasteiger partial charge in [-0.1, -0.05) is 6.58 Å². The zero-order valence-corrected chi connectivity index (χ0v) is 13.0. The molecular weight excluding hydrogens is 310 g/mol. The predicted octanol–water partition coefficient (Wildman–Crippen LogP) is 1.73. The summed E-state index contributed by atoms with van der Waals surface area (Å²) in [6, 6.07) is 6.28. The Morgan fingerprint density at radius 3 is 2.67 bits per heavy atom. The number of aromatic amines is 1. The highest BCUT2D eigenvalue weighted by Crippen LogP contribution is 2.12. The van der Waals surface area contributed by atoms with Gasteiger partial charge in [-0.15, -0.1) is 0 Å². The summed E-state index contributed by atoms with van der Waals surface area (Å²) in [6.07, 6.45) is 1.52. The molecule has 24 heavy (non-hydrogen) atoms. The molecule has 1 aromatic heterocycles. The molecule has 2 rings (SSSR count). The quantitative estimate of drug-likeness (QED) is 0.597. The minimum absolute atomic E-state index is 0.0354. The van der Waals surface area contributed by atoms with Crippen LogP contribution in [-0.2, 0) is 0 Å². The molecule has 5 N–H and O–H groups in total. The Balaban J connectivity index is 2.16. The SMILES string of the molecule is C=CC(CNc1ccc(C(=O)O)cc1)=Nc1c(C)nc(N)[nH]c1=O. The first-order valence-electron chi connectivity index (χ1n) is 7.04. The third-order valence-electron chi connectivity index (χ3n) is 3.18. The van der Waals surface area contributed by atoms with Crippen molar-refractivity contribution >= 4 is 29.0 Å². The summed E-state index contributed by atoms with van der Waals surface area (Å²) in [4.78, 5) is 33.3. The van der Waals surface area contributed by atoms with Crippen LogP contribution in [0.25, 0.3) is 0 Å². The first kappa shape index (κ1) is 16.9. The fourth-order valence-corrected chi connectivity index (χ4v) is 1.96. The smallest absolute Gasteiger partial charge is 0.335 e. The number of nitrogens with one attached hydrogen (secondary N) is 2. The molecule has 1 aromatic carbocycles. The van der Waals surface area contributed by atoms with Gasteiger partial charge in [0.05, 0.1) is 23.5 Å². The summed E-state index contributed by atoms with van der Waals surface area (Å²) in [7, 11) is 0. The zero-order chi connectivity index (χ0) is 17.7. The molecule has 0 saturated heterocycles. The molecule has 0 bridgehead atoms. The molecule has 0 fully saturated rings. The van der Waals surface area contributed by atoms with Crippen molar-refractivity contribution in [1.82, 2.24) is 9.97 Å². The third-order valence-corrected chi connectivity index (χ3v) is 3.18. The van der Waals surface area contributed by atoms with Gasteiger partial charge in [-0.2, -0.15) is 0 Å². The summed E-state index contributed by atoms with van der Waals surface area (Å²) in [5.41, 5.74) is 7.08. The van der Waals surface area contributed by atoms with Gasteiger partial charge in [0, 0.05) is 5.69 Å². The Labute approximate surface area is 137 Å². The van der Waals surface area contributed by atoms with E-state index >= 15 is 0 Å². The molecular formula is C16H17N5O3. The lowest BCUT2D eigenvalue weighted by Crippen LogP contribution is -2.15. The van der Waals surface area contributed by atoms with Crippen LogP contribution in [0.5, 0.6) is 0 Å². The molecule has 0 unspecified atom stereocenters. The molecule has 0 saturated carbocycles. The minimum atomic E-state index is -0.986. The third kappa shape index (κ3) is 4.07. The number of nitrogen functional groups attached to an aromatic ring is 1. The van der Waals surface area contributed by atoms with Crippen LogP contribution in [0.3, 0.4) is 0 Å². The monoisotopic (exact) mass is 327 g/mol. The number of aliphatic imine (C=N–C) groups is 1. The molecule has 0 atom stereocenters. The van der Waals surface area contributed by atoms with Crippen molar-refractivity contribution in [2.75, 3.05) is 17.6 Å². The normalized spacial score (nSPS) is 11.1. The van der Waals surface area contributed by atoms with Crippen LogP contribution >= 0.6 is 0 Å². The topological polar surface area (TPSA) is 133 Å². The second-order valence-electron chi connectivity index (χ2n) is 4.93. The Kier molecular flexibility index (Phi) is 5.10. The van der Waals surface area contributed by atoms with Gasteiger partial charge in [0.25, 0.3) is 5.56 Å². The number of hydrogen-bond acceptors (Lipinski definition) is 6. The predicted molar refractivity (Wildman–Crippen MR) is 93.2 cm³/mol. The number of aromatic nitrogens is 2. The maximum absolute atomic E-state index is 11.9. The van der Waals surface area contributed by atoms with Crippen molar-refractivity contribution in [3.63, 3.8) is 0 Å². The average molecular weight is 327 g/mol. The number of H-pyrrole nitrogens is 1. The van der Waals surface area contributed by atoms with Crippen LogP contribution in [-0.4, -0.2) is 33.3 Å². The highest BCUT2D eigenvalue weighted by molar-refractivity contribution is 5.99. The molecule has 0 radical (unpaired) electrons. The number of anilines is 2. The summed E-state index contributed by atoms with van der Waals surface area (Å²) in [5, 5.41) is 11.9. The van der Waals surface area contributed by atoms with Gasteiger partial charge in [-0.25, -0.2) is 14.8 Å². The number of carboxylic acid groups (broad SMARTS) is 1. The number of hydrogen-bond donors (Lipinski definition) is 4. The van der Waals surface area contributed by atoms with Gasteiger partial charge in [-0.3, -0.25) is 9.78 Å². The van der Waals surface area contributed by atoms with E-state index in [0.29, 0.717) is 18.0 Å². The number of carboxylic acids is 1. The maximum atomic E-state index is 11.9. The number of aryl methyl sites for hydroxylation is 1.